The molecule has 2 heterocycles. The van der Waals surface area contributed by atoms with E-state index < -0.39 is 5.92 Å². The summed E-state index contributed by atoms with van der Waals surface area (Å²) in [4.78, 5) is 43.6. The number of nitrogens with zero attached hydrogens (tertiary/aromatic N) is 2. The topological polar surface area (TPSA) is 91.4 Å². The van der Waals surface area contributed by atoms with Crippen molar-refractivity contribution in [3.05, 3.63) is 70.0 Å². The molecule has 1 aliphatic rings. The van der Waals surface area contributed by atoms with Gasteiger partial charge in [-0.25, -0.2) is 0 Å². The van der Waals surface area contributed by atoms with Gasteiger partial charge in [-0.3, -0.25) is 19.4 Å². The van der Waals surface area contributed by atoms with Crippen LogP contribution < -0.4 is 10.6 Å². The maximum Gasteiger partial charge on any atom is 0.254 e. The zero-order valence-electron chi connectivity index (χ0n) is 16.5. The van der Waals surface area contributed by atoms with Gasteiger partial charge in [-0.05, 0) is 29.8 Å². The lowest BCUT2D eigenvalue weighted by molar-refractivity contribution is -0.122. The molecule has 0 aliphatic carbocycles. The van der Waals surface area contributed by atoms with Crippen molar-refractivity contribution >= 4 is 57.4 Å². The molecule has 0 bridgehead atoms. The number of fused-ring (bicyclic) bond motifs is 2. The number of carbonyl (C=O) groups is 3. The van der Waals surface area contributed by atoms with Gasteiger partial charge >= 0.3 is 0 Å². The Kier molecular flexibility index (Phi) is 5.80. The summed E-state index contributed by atoms with van der Waals surface area (Å²) in [6.07, 6.45) is 3.19. The number of benzene rings is 2. The summed E-state index contributed by atoms with van der Waals surface area (Å²) in [6, 6.07) is 10.2. The van der Waals surface area contributed by atoms with Gasteiger partial charge in [-0.1, -0.05) is 35.3 Å². The Morgan fingerprint density at radius 3 is 2.77 bits per heavy atom. The van der Waals surface area contributed by atoms with Crippen LogP contribution in [0.4, 0.5) is 5.69 Å². The fourth-order valence-electron chi connectivity index (χ4n) is 3.71. The summed E-state index contributed by atoms with van der Waals surface area (Å²) in [5.74, 6) is -1.73. The van der Waals surface area contributed by atoms with E-state index >= 15 is 0 Å². The average molecular weight is 457 g/mol. The number of hydrogen-bond acceptors (Lipinski definition) is 4. The second-order valence-corrected chi connectivity index (χ2v) is 8.00. The fourth-order valence-corrected chi connectivity index (χ4v) is 4.17. The molecule has 0 fully saturated rings. The number of hydrogen-bond donors (Lipinski definition) is 2. The number of carbonyl (C=O) groups excluding carboxylic acids is 3. The third-order valence-corrected chi connectivity index (χ3v) is 5.78. The predicted molar refractivity (Wildman–Crippen MR) is 120 cm³/mol. The van der Waals surface area contributed by atoms with Crippen LogP contribution in [0.5, 0.6) is 0 Å². The first kappa shape index (κ1) is 21.1. The van der Waals surface area contributed by atoms with E-state index in [1.54, 1.807) is 36.5 Å². The molecule has 3 aromatic rings. The molecule has 2 aromatic carbocycles. The van der Waals surface area contributed by atoms with E-state index in [1.165, 1.54) is 18.1 Å². The number of likely N-dealkylation sites (N-methyl/N-ethyl adjacent to an activating group) is 1. The summed E-state index contributed by atoms with van der Waals surface area (Å²) < 4.78 is 0. The number of pyridine rings is 1. The van der Waals surface area contributed by atoms with Crippen molar-refractivity contribution in [2.75, 3.05) is 25.5 Å². The third kappa shape index (κ3) is 4.06. The van der Waals surface area contributed by atoms with Crippen LogP contribution in [0.3, 0.4) is 0 Å². The Balaban J connectivity index is 1.72. The van der Waals surface area contributed by atoms with Crippen molar-refractivity contribution in [3.63, 3.8) is 0 Å². The number of anilines is 1. The number of amides is 3. The molecule has 9 heteroatoms. The van der Waals surface area contributed by atoms with Crippen molar-refractivity contribution in [1.29, 1.82) is 0 Å². The molecule has 0 saturated heterocycles. The predicted octanol–water partition coefficient (Wildman–Crippen LogP) is 3.47. The molecular formula is C22H18Cl2N4O3. The Labute approximate surface area is 188 Å². The molecule has 0 spiro atoms. The summed E-state index contributed by atoms with van der Waals surface area (Å²) in [7, 11) is 1.49. The summed E-state index contributed by atoms with van der Waals surface area (Å²) in [6.45, 7) is -0.111. The highest BCUT2D eigenvalue weighted by molar-refractivity contribution is 6.36. The molecule has 1 aromatic heterocycles. The maximum atomic E-state index is 13.3. The van der Waals surface area contributed by atoms with Gasteiger partial charge in [0.1, 0.15) is 0 Å². The van der Waals surface area contributed by atoms with Crippen LogP contribution in [0, 0.1) is 0 Å². The summed E-state index contributed by atoms with van der Waals surface area (Å²) >= 11 is 12.5. The van der Waals surface area contributed by atoms with E-state index in [-0.39, 0.29) is 30.8 Å². The van der Waals surface area contributed by atoms with Crippen LogP contribution in [0.2, 0.25) is 10.0 Å². The van der Waals surface area contributed by atoms with Gasteiger partial charge in [-0.15, -0.1) is 0 Å². The first-order valence-corrected chi connectivity index (χ1v) is 10.3. The monoisotopic (exact) mass is 456 g/mol. The molecule has 7 nitrogen and oxygen atoms in total. The molecule has 4 rings (SSSR count). The highest BCUT2D eigenvalue weighted by Crippen LogP contribution is 2.34. The molecular weight excluding hydrogens is 439 g/mol. The number of halogens is 2. The van der Waals surface area contributed by atoms with Crippen molar-refractivity contribution in [1.82, 2.24) is 15.2 Å². The van der Waals surface area contributed by atoms with E-state index in [0.29, 0.717) is 32.2 Å². The van der Waals surface area contributed by atoms with E-state index in [2.05, 4.69) is 15.6 Å². The van der Waals surface area contributed by atoms with Gasteiger partial charge in [0, 0.05) is 41.1 Å². The van der Waals surface area contributed by atoms with Gasteiger partial charge in [0.05, 0.1) is 29.4 Å². The average Bonchev–Trinajstić information content (AvgIpc) is 2.75. The normalized spacial score (nSPS) is 15.5. The van der Waals surface area contributed by atoms with Gasteiger partial charge in [0.2, 0.25) is 11.8 Å². The number of aromatic nitrogens is 1. The molecule has 158 valence electrons. The van der Waals surface area contributed by atoms with E-state index in [0.717, 1.165) is 5.39 Å². The van der Waals surface area contributed by atoms with Gasteiger partial charge in [-0.2, -0.15) is 0 Å². The minimum absolute atomic E-state index is 0.0390. The molecule has 1 aliphatic heterocycles. The standard InChI is InChI=1S/C22H18Cl2N4O3/c1-25-19(29)11-28-10-16(15-7-13(23)5-6-14(15)22(28)31)21(30)27-18-9-26-8-12-3-2-4-17(24)20(12)18/h2-9,16H,10-11H2,1H3,(H,25,29)(H,27,30)/t16-/m0/s1. The minimum atomic E-state index is -0.728. The molecule has 1 atom stereocenters. The molecule has 0 unspecified atom stereocenters. The molecule has 0 saturated carbocycles. The Hall–Kier alpha value is -3.16. The van der Waals surface area contributed by atoms with Crippen molar-refractivity contribution in [2.24, 2.45) is 0 Å². The van der Waals surface area contributed by atoms with Crippen LogP contribution in [0.25, 0.3) is 10.8 Å². The lowest BCUT2D eigenvalue weighted by Gasteiger charge is -2.33. The van der Waals surface area contributed by atoms with Crippen molar-refractivity contribution in [2.45, 2.75) is 5.92 Å². The second kappa shape index (κ2) is 8.53. The van der Waals surface area contributed by atoms with Gasteiger partial charge in [0.25, 0.3) is 5.91 Å². The minimum Gasteiger partial charge on any atom is -0.358 e. The zero-order chi connectivity index (χ0) is 22.1. The fraction of sp³-hybridized carbons (Fsp3) is 0.182. The first-order chi connectivity index (χ1) is 14.9. The Bertz CT molecular complexity index is 1210. The molecule has 31 heavy (non-hydrogen) atoms. The highest BCUT2D eigenvalue weighted by atomic mass is 35.5. The van der Waals surface area contributed by atoms with Crippen molar-refractivity contribution in [3.8, 4) is 0 Å². The zero-order valence-corrected chi connectivity index (χ0v) is 18.0. The second-order valence-electron chi connectivity index (χ2n) is 7.16. The summed E-state index contributed by atoms with van der Waals surface area (Å²) in [5, 5.41) is 7.75. The van der Waals surface area contributed by atoms with Crippen LogP contribution in [0.1, 0.15) is 21.8 Å². The van der Waals surface area contributed by atoms with E-state index in [1.807, 2.05) is 6.07 Å². The van der Waals surface area contributed by atoms with E-state index in [9.17, 15) is 14.4 Å². The van der Waals surface area contributed by atoms with Gasteiger partial charge in [0.15, 0.2) is 0 Å². The first-order valence-electron chi connectivity index (χ1n) is 9.51. The van der Waals surface area contributed by atoms with Crippen LogP contribution >= 0.6 is 23.2 Å². The van der Waals surface area contributed by atoms with Crippen LogP contribution in [-0.4, -0.2) is 47.7 Å². The Morgan fingerprint density at radius 2 is 2.00 bits per heavy atom. The van der Waals surface area contributed by atoms with Crippen LogP contribution in [-0.2, 0) is 9.59 Å². The highest BCUT2D eigenvalue weighted by Gasteiger charge is 2.36. The lowest BCUT2D eigenvalue weighted by Crippen LogP contribution is -2.47. The van der Waals surface area contributed by atoms with Crippen LogP contribution in [0.15, 0.2) is 48.8 Å². The quantitative estimate of drug-likeness (QED) is 0.628. The molecule has 2 N–H and O–H groups in total. The van der Waals surface area contributed by atoms with Crippen molar-refractivity contribution < 1.29 is 14.4 Å². The summed E-state index contributed by atoms with van der Waals surface area (Å²) in [5.41, 5.74) is 1.32. The smallest absolute Gasteiger partial charge is 0.254 e. The van der Waals surface area contributed by atoms with E-state index in [4.69, 9.17) is 23.2 Å². The third-order valence-electron chi connectivity index (χ3n) is 5.23. The largest absolute Gasteiger partial charge is 0.358 e. The number of nitrogens with one attached hydrogen (secondary N) is 2. The lowest BCUT2D eigenvalue weighted by atomic mass is 9.88. The SMILES string of the molecule is CNC(=O)CN1C[C@H](C(=O)Nc2cncc3cccc(Cl)c23)c2cc(Cl)ccc2C1=O. The molecule has 3 amide bonds. The van der Waals surface area contributed by atoms with Gasteiger partial charge < -0.3 is 15.5 Å². The maximum absolute atomic E-state index is 13.3. The molecule has 0 radical (unpaired) electrons. The Morgan fingerprint density at radius 1 is 1.19 bits per heavy atom. The number of rotatable bonds is 4.